The van der Waals surface area contributed by atoms with Crippen molar-refractivity contribution in [1.82, 2.24) is 14.5 Å². The lowest BCUT2D eigenvalue weighted by Gasteiger charge is -2.34. The number of hydrogen-bond acceptors (Lipinski definition) is 2. The summed E-state index contributed by atoms with van der Waals surface area (Å²) in [5, 5.41) is 3.50. The zero-order chi connectivity index (χ0) is 39.6. The summed E-state index contributed by atoms with van der Waals surface area (Å²) in [6, 6.07) is 81.0. The molecule has 0 fully saturated rings. The van der Waals surface area contributed by atoms with Crippen LogP contribution in [-0.4, -0.2) is 14.5 Å². The quantitative estimate of drug-likeness (QED) is 0.158. The predicted molar refractivity (Wildman–Crippen MR) is 247 cm³/mol. The van der Waals surface area contributed by atoms with Crippen molar-refractivity contribution in [1.29, 1.82) is 0 Å². The Labute approximate surface area is 348 Å². The van der Waals surface area contributed by atoms with Crippen LogP contribution in [0.2, 0.25) is 0 Å². The van der Waals surface area contributed by atoms with E-state index in [0.29, 0.717) is 0 Å². The average Bonchev–Trinajstić information content (AvgIpc) is 3.86. The number of imidazole rings is 1. The van der Waals surface area contributed by atoms with Crippen LogP contribution in [0.1, 0.15) is 22.3 Å². The van der Waals surface area contributed by atoms with Gasteiger partial charge >= 0.3 is 0 Å². The zero-order valence-electron chi connectivity index (χ0n) is 32.7. The third-order valence-electron chi connectivity index (χ3n) is 12.5. The lowest BCUT2D eigenvalue weighted by molar-refractivity contribution is 0.769. The topological polar surface area (TPSA) is 30.7 Å². The van der Waals surface area contributed by atoms with Crippen LogP contribution in [0, 0.1) is 0 Å². The maximum atomic E-state index is 5.48. The fourth-order valence-electron chi connectivity index (χ4n) is 9.82. The Kier molecular flexibility index (Phi) is 7.76. The monoisotopic (exact) mass is 763 g/mol. The highest BCUT2D eigenvalue weighted by molar-refractivity contribution is 6.13. The van der Waals surface area contributed by atoms with Gasteiger partial charge in [-0.3, -0.25) is 4.57 Å². The maximum Gasteiger partial charge on any atom is 0.145 e. The van der Waals surface area contributed by atoms with Crippen LogP contribution >= 0.6 is 0 Å². The van der Waals surface area contributed by atoms with Crippen LogP contribution in [0.25, 0.3) is 83.3 Å². The van der Waals surface area contributed by atoms with Crippen LogP contribution in [0.5, 0.6) is 0 Å². The molecule has 2 aromatic heterocycles. The minimum absolute atomic E-state index is 0.504. The van der Waals surface area contributed by atoms with Crippen LogP contribution < -0.4 is 0 Å². The van der Waals surface area contributed by atoms with Gasteiger partial charge in [-0.2, -0.15) is 0 Å². The van der Waals surface area contributed by atoms with E-state index in [9.17, 15) is 0 Å². The molecule has 0 bridgehead atoms. The van der Waals surface area contributed by atoms with E-state index < -0.39 is 5.41 Å². The van der Waals surface area contributed by atoms with E-state index in [0.717, 1.165) is 66.8 Å². The van der Waals surface area contributed by atoms with Crippen molar-refractivity contribution in [2.24, 2.45) is 0 Å². The van der Waals surface area contributed by atoms with Crippen molar-refractivity contribution < 1.29 is 0 Å². The van der Waals surface area contributed by atoms with Crippen molar-refractivity contribution in [2.45, 2.75) is 5.41 Å². The second kappa shape index (κ2) is 13.6. The smallest absolute Gasteiger partial charge is 0.145 e. The van der Waals surface area contributed by atoms with Crippen molar-refractivity contribution >= 4 is 32.7 Å². The van der Waals surface area contributed by atoms with Crippen LogP contribution in [0.3, 0.4) is 0 Å². The lowest BCUT2D eigenvalue weighted by Crippen LogP contribution is -2.28. The summed E-state index contributed by atoms with van der Waals surface area (Å²) >= 11 is 0. The van der Waals surface area contributed by atoms with Crippen LogP contribution in [-0.2, 0) is 5.41 Å². The Hall–Kier alpha value is -7.88. The van der Waals surface area contributed by atoms with E-state index in [1.165, 1.54) is 38.8 Å². The van der Waals surface area contributed by atoms with Crippen molar-refractivity contribution in [2.75, 3.05) is 0 Å². The zero-order valence-corrected chi connectivity index (χ0v) is 32.7. The van der Waals surface area contributed by atoms with E-state index in [-0.39, 0.29) is 0 Å². The van der Waals surface area contributed by atoms with Crippen LogP contribution in [0.4, 0.5) is 0 Å². The molecule has 9 aromatic carbocycles. The molecule has 0 atom stereocenters. The molecule has 280 valence electrons. The molecule has 2 heterocycles. The molecule has 0 N–H and O–H groups in total. The normalized spacial score (nSPS) is 12.8. The molecule has 0 unspecified atom stereocenters. The van der Waals surface area contributed by atoms with E-state index in [1.54, 1.807) is 0 Å². The molecule has 0 amide bonds. The summed E-state index contributed by atoms with van der Waals surface area (Å²) in [6.07, 6.45) is 0. The fraction of sp³-hybridized carbons (Fsp3) is 0.0175. The largest absolute Gasteiger partial charge is 0.292 e. The summed E-state index contributed by atoms with van der Waals surface area (Å²) in [4.78, 5) is 10.5. The molecule has 0 saturated carbocycles. The molecule has 3 heteroatoms. The first kappa shape index (κ1) is 34.2. The summed E-state index contributed by atoms with van der Waals surface area (Å²) < 4.78 is 2.26. The number of benzene rings is 9. The molecular formula is C57H37N3. The van der Waals surface area contributed by atoms with Gasteiger partial charge in [-0.25, -0.2) is 9.97 Å². The Morgan fingerprint density at radius 1 is 0.350 bits per heavy atom. The van der Waals surface area contributed by atoms with Gasteiger partial charge in [0.2, 0.25) is 0 Å². The van der Waals surface area contributed by atoms with Gasteiger partial charge < -0.3 is 0 Å². The minimum Gasteiger partial charge on any atom is -0.292 e. The minimum atomic E-state index is -0.504. The number of fused-ring (bicyclic) bond motifs is 7. The molecule has 11 aromatic rings. The summed E-state index contributed by atoms with van der Waals surface area (Å²) in [7, 11) is 0. The number of hydrogen-bond donors (Lipinski definition) is 0. The maximum absolute atomic E-state index is 5.48. The molecule has 12 rings (SSSR count). The van der Waals surface area contributed by atoms with Crippen LogP contribution in [0.15, 0.2) is 224 Å². The van der Waals surface area contributed by atoms with E-state index in [4.69, 9.17) is 9.97 Å². The van der Waals surface area contributed by atoms with Gasteiger partial charge in [-0.15, -0.1) is 0 Å². The molecule has 1 aliphatic rings. The molecule has 0 radical (unpaired) electrons. The highest BCUT2D eigenvalue weighted by Gasteiger charge is 2.46. The average molecular weight is 764 g/mol. The van der Waals surface area contributed by atoms with Gasteiger partial charge in [-0.05, 0) is 98.4 Å². The number of rotatable bonds is 6. The third kappa shape index (κ3) is 5.16. The third-order valence-corrected chi connectivity index (χ3v) is 12.5. The predicted octanol–water partition coefficient (Wildman–Crippen LogP) is 14.1. The Balaban J connectivity index is 1.04. The highest BCUT2D eigenvalue weighted by atomic mass is 15.1. The Morgan fingerprint density at radius 2 is 0.967 bits per heavy atom. The van der Waals surface area contributed by atoms with Crippen molar-refractivity contribution in [3.63, 3.8) is 0 Å². The standard InChI is InChI=1S/C57H37N3/c1-4-17-39(18-5-1)56-59-53-29-14-15-30-54(53)60(56)44-33-31-38(32-34-44)40-19-16-20-41(35-40)55-49-37-51-48(36-47(49)46-26-11-13-28-52(46)58-55)45-25-10-12-27-50(45)57(51,42-21-6-2-7-22-42)43-23-8-3-9-24-43/h1-37H. The second-order valence-electron chi connectivity index (χ2n) is 15.7. The van der Waals surface area contributed by atoms with Gasteiger partial charge in [0.15, 0.2) is 0 Å². The molecule has 0 spiro atoms. The van der Waals surface area contributed by atoms with Crippen molar-refractivity contribution in [3.05, 3.63) is 247 Å². The summed E-state index contributed by atoms with van der Waals surface area (Å²) in [5.74, 6) is 0.930. The number of nitrogens with zero attached hydrogens (tertiary/aromatic N) is 3. The highest BCUT2D eigenvalue weighted by Crippen LogP contribution is 2.57. The van der Waals surface area contributed by atoms with E-state index >= 15 is 0 Å². The summed E-state index contributed by atoms with van der Waals surface area (Å²) in [5.41, 5.74) is 16.7. The Morgan fingerprint density at radius 3 is 1.73 bits per heavy atom. The SMILES string of the molecule is c1ccc(-c2nc3ccccc3n2-c2ccc(-c3cccc(-c4nc5ccccc5c5cc6c(cc45)C(c4ccccc4)(c4ccccc4)c4ccccc4-6)c3)cc2)cc1. The van der Waals surface area contributed by atoms with Crippen molar-refractivity contribution in [3.8, 4) is 50.6 Å². The summed E-state index contributed by atoms with van der Waals surface area (Å²) in [6.45, 7) is 0. The molecule has 0 saturated heterocycles. The molecule has 0 aliphatic heterocycles. The molecular weight excluding hydrogens is 727 g/mol. The first-order valence-corrected chi connectivity index (χ1v) is 20.6. The molecule has 60 heavy (non-hydrogen) atoms. The van der Waals surface area contributed by atoms with Gasteiger partial charge in [0.1, 0.15) is 5.82 Å². The van der Waals surface area contributed by atoms with Gasteiger partial charge in [-0.1, -0.05) is 176 Å². The second-order valence-corrected chi connectivity index (χ2v) is 15.7. The van der Waals surface area contributed by atoms with Gasteiger partial charge in [0.05, 0.1) is 27.7 Å². The number of aromatic nitrogens is 3. The van der Waals surface area contributed by atoms with Gasteiger partial charge in [0.25, 0.3) is 0 Å². The lowest BCUT2D eigenvalue weighted by atomic mass is 9.67. The van der Waals surface area contributed by atoms with Gasteiger partial charge in [0, 0.05) is 27.6 Å². The Bertz CT molecular complexity index is 3360. The van der Waals surface area contributed by atoms with E-state index in [1.807, 2.05) is 12.1 Å². The number of para-hydroxylation sites is 3. The van der Waals surface area contributed by atoms with E-state index in [2.05, 4.69) is 217 Å². The first-order valence-electron chi connectivity index (χ1n) is 20.6. The molecule has 1 aliphatic carbocycles. The first-order chi connectivity index (χ1) is 29.8. The fourth-order valence-corrected chi connectivity index (χ4v) is 9.82. The number of pyridine rings is 1. The molecule has 3 nitrogen and oxygen atoms in total.